The topological polar surface area (TPSA) is 46.2 Å². The number of amides is 1. The van der Waals surface area contributed by atoms with Crippen molar-refractivity contribution in [2.24, 2.45) is 0 Å². The van der Waals surface area contributed by atoms with Gasteiger partial charge in [-0.15, -0.1) is 0 Å². The van der Waals surface area contributed by atoms with Gasteiger partial charge in [-0.1, -0.05) is 12.1 Å². The molecule has 0 spiro atoms. The summed E-state index contributed by atoms with van der Waals surface area (Å²) in [6.07, 6.45) is -4.44. The van der Waals surface area contributed by atoms with Crippen LogP contribution in [0.5, 0.6) is 0 Å². The van der Waals surface area contributed by atoms with E-state index >= 15 is 0 Å². The quantitative estimate of drug-likeness (QED) is 0.915. The standard InChI is InChI=1S/C13H14F3NO2/c1-8(9(2)18)17-12(19)7-10-3-5-11(6-4-10)13(14,15)16/h3-6,8H,7H2,1-2H3,(H,17,19). The number of halogens is 3. The van der Waals surface area contributed by atoms with E-state index in [-0.39, 0.29) is 12.2 Å². The Morgan fingerprint density at radius 2 is 1.74 bits per heavy atom. The van der Waals surface area contributed by atoms with Crippen LogP contribution in [-0.2, 0) is 22.2 Å². The lowest BCUT2D eigenvalue weighted by molar-refractivity contribution is -0.137. The number of benzene rings is 1. The molecule has 1 aromatic carbocycles. The molecule has 1 atom stereocenters. The van der Waals surface area contributed by atoms with Crippen LogP contribution in [0.1, 0.15) is 25.0 Å². The second-order valence-electron chi connectivity index (χ2n) is 4.27. The molecule has 19 heavy (non-hydrogen) atoms. The van der Waals surface area contributed by atoms with Gasteiger partial charge < -0.3 is 5.32 Å². The lowest BCUT2D eigenvalue weighted by atomic mass is 10.1. The summed E-state index contributed by atoms with van der Waals surface area (Å²) in [5, 5.41) is 2.46. The number of hydrogen-bond acceptors (Lipinski definition) is 2. The van der Waals surface area contributed by atoms with E-state index in [0.717, 1.165) is 12.1 Å². The van der Waals surface area contributed by atoms with E-state index in [1.165, 1.54) is 19.1 Å². The molecule has 3 nitrogen and oxygen atoms in total. The summed E-state index contributed by atoms with van der Waals surface area (Å²) in [6, 6.07) is 3.76. The first kappa shape index (κ1) is 15.2. The lowest BCUT2D eigenvalue weighted by Gasteiger charge is -2.11. The summed E-state index contributed by atoms with van der Waals surface area (Å²) < 4.78 is 37.0. The Labute approximate surface area is 108 Å². The molecule has 0 fully saturated rings. The smallest absolute Gasteiger partial charge is 0.346 e. The van der Waals surface area contributed by atoms with Gasteiger partial charge in [0.05, 0.1) is 18.0 Å². The number of rotatable bonds is 4. The molecule has 0 aliphatic heterocycles. The summed E-state index contributed by atoms with van der Waals surface area (Å²) >= 11 is 0. The first-order valence-electron chi connectivity index (χ1n) is 5.66. The highest BCUT2D eigenvalue weighted by atomic mass is 19.4. The minimum atomic E-state index is -4.38. The minimum Gasteiger partial charge on any atom is -0.346 e. The van der Waals surface area contributed by atoms with Crippen molar-refractivity contribution in [3.63, 3.8) is 0 Å². The van der Waals surface area contributed by atoms with E-state index in [2.05, 4.69) is 5.32 Å². The Hall–Kier alpha value is -1.85. The van der Waals surface area contributed by atoms with Crippen molar-refractivity contribution in [2.45, 2.75) is 32.5 Å². The van der Waals surface area contributed by atoms with Crippen molar-refractivity contribution in [3.8, 4) is 0 Å². The van der Waals surface area contributed by atoms with E-state index in [9.17, 15) is 22.8 Å². The van der Waals surface area contributed by atoms with Crippen LogP contribution in [0.2, 0.25) is 0 Å². The highest BCUT2D eigenvalue weighted by Gasteiger charge is 2.29. The molecular weight excluding hydrogens is 259 g/mol. The zero-order valence-corrected chi connectivity index (χ0v) is 10.5. The molecule has 1 amide bonds. The third-order valence-corrected chi connectivity index (χ3v) is 2.63. The summed E-state index contributed by atoms with van der Waals surface area (Å²) in [5.74, 6) is -0.580. The molecule has 6 heteroatoms. The van der Waals surface area contributed by atoms with Crippen LogP contribution < -0.4 is 5.32 Å². The van der Waals surface area contributed by atoms with Crippen molar-refractivity contribution in [1.29, 1.82) is 0 Å². The summed E-state index contributed by atoms with van der Waals surface area (Å²) in [4.78, 5) is 22.5. The average molecular weight is 273 g/mol. The molecule has 1 unspecified atom stereocenters. The van der Waals surface area contributed by atoms with E-state index < -0.39 is 23.7 Å². The number of carbonyl (C=O) groups excluding carboxylic acids is 2. The van der Waals surface area contributed by atoms with Crippen molar-refractivity contribution >= 4 is 11.7 Å². The number of carbonyl (C=O) groups is 2. The van der Waals surface area contributed by atoms with Gasteiger partial charge in [0.2, 0.25) is 5.91 Å². The molecule has 104 valence electrons. The van der Waals surface area contributed by atoms with Gasteiger partial charge in [0.1, 0.15) is 0 Å². The van der Waals surface area contributed by atoms with Crippen molar-refractivity contribution < 1.29 is 22.8 Å². The Morgan fingerprint density at radius 3 is 2.16 bits per heavy atom. The number of Topliss-reactive ketones (excluding diaryl/α,β-unsaturated/α-hetero) is 1. The SMILES string of the molecule is CC(=O)C(C)NC(=O)Cc1ccc(C(F)(F)F)cc1. The van der Waals surface area contributed by atoms with Crippen molar-refractivity contribution in [3.05, 3.63) is 35.4 Å². The van der Waals surface area contributed by atoms with E-state index in [4.69, 9.17) is 0 Å². The van der Waals surface area contributed by atoms with Gasteiger partial charge in [0.25, 0.3) is 0 Å². The Balaban J connectivity index is 2.63. The van der Waals surface area contributed by atoms with Crippen molar-refractivity contribution in [1.82, 2.24) is 5.32 Å². The highest BCUT2D eigenvalue weighted by molar-refractivity contribution is 5.87. The largest absolute Gasteiger partial charge is 0.416 e. The molecule has 0 aromatic heterocycles. The van der Waals surface area contributed by atoms with Crippen LogP contribution in [0.3, 0.4) is 0 Å². The molecule has 0 saturated heterocycles. The van der Waals surface area contributed by atoms with Crippen LogP contribution in [0.25, 0.3) is 0 Å². The van der Waals surface area contributed by atoms with Crippen LogP contribution in [-0.4, -0.2) is 17.7 Å². The average Bonchev–Trinajstić information content (AvgIpc) is 2.28. The van der Waals surface area contributed by atoms with Crippen LogP contribution in [0.15, 0.2) is 24.3 Å². The summed E-state index contributed by atoms with van der Waals surface area (Å²) in [7, 11) is 0. The highest BCUT2D eigenvalue weighted by Crippen LogP contribution is 2.29. The number of alkyl halides is 3. The first-order chi connectivity index (χ1) is 8.70. The molecule has 1 rings (SSSR count). The van der Waals surface area contributed by atoms with Crippen LogP contribution in [0.4, 0.5) is 13.2 Å². The molecule has 0 bridgehead atoms. The molecular formula is C13H14F3NO2. The summed E-state index contributed by atoms with van der Waals surface area (Å²) in [6.45, 7) is 2.90. The first-order valence-corrected chi connectivity index (χ1v) is 5.66. The Kier molecular flexibility index (Phi) is 4.69. The number of ketones is 1. The van der Waals surface area contributed by atoms with Crippen LogP contribution >= 0.6 is 0 Å². The fourth-order valence-electron chi connectivity index (χ4n) is 1.39. The molecule has 1 N–H and O–H groups in total. The zero-order valence-electron chi connectivity index (χ0n) is 10.5. The van der Waals surface area contributed by atoms with E-state index in [1.54, 1.807) is 6.92 Å². The Bertz CT molecular complexity index is 466. The zero-order chi connectivity index (χ0) is 14.6. The third kappa shape index (κ3) is 4.73. The van der Waals surface area contributed by atoms with Gasteiger partial charge in [-0.05, 0) is 31.5 Å². The van der Waals surface area contributed by atoms with E-state index in [1.807, 2.05) is 0 Å². The predicted molar refractivity (Wildman–Crippen MR) is 63.4 cm³/mol. The minimum absolute atomic E-state index is 0.0598. The fourth-order valence-corrected chi connectivity index (χ4v) is 1.39. The van der Waals surface area contributed by atoms with Gasteiger partial charge >= 0.3 is 6.18 Å². The van der Waals surface area contributed by atoms with Crippen LogP contribution in [0, 0.1) is 0 Å². The molecule has 1 aromatic rings. The molecule has 0 radical (unpaired) electrons. The third-order valence-electron chi connectivity index (χ3n) is 2.63. The maximum Gasteiger partial charge on any atom is 0.416 e. The normalized spacial score (nSPS) is 12.9. The molecule has 0 saturated carbocycles. The Morgan fingerprint density at radius 1 is 1.21 bits per heavy atom. The van der Waals surface area contributed by atoms with Gasteiger partial charge in [-0.3, -0.25) is 9.59 Å². The van der Waals surface area contributed by atoms with Gasteiger partial charge in [0.15, 0.2) is 5.78 Å². The number of nitrogens with one attached hydrogen (secondary N) is 1. The van der Waals surface area contributed by atoms with Crippen molar-refractivity contribution in [2.75, 3.05) is 0 Å². The second kappa shape index (κ2) is 5.86. The second-order valence-corrected chi connectivity index (χ2v) is 4.27. The molecule has 0 aliphatic rings. The van der Waals surface area contributed by atoms with Gasteiger partial charge in [0, 0.05) is 0 Å². The summed E-state index contributed by atoms with van der Waals surface area (Å²) in [5.41, 5.74) is -0.296. The maximum absolute atomic E-state index is 12.3. The lowest BCUT2D eigenvalue weighted by Crippen LogP contribution is -2.38. The maximum atomic E-state index is 12.3. The van der Waals surface area contributed by atoms with E-state index in [0.29, 0.717) is 5.56 Å². The fraction of sp³-hybridized carbons (Fsp3) is 0.385. The molecule has 0 heterocycles. The monoisotopic (exact) mass is 273 g/mol. The number of hydrogen-bond donors (Lipinski definition) is 1. The predicted octanol–water partition coefficient (Wildman–Crippen LogP) is 2.34. The molecule has 0 aliphatic carbocycles. The van der Waals surface area contributed by atoms with Gasteiger partial charge in [-0.2, -0.15) is 13.2 Å². The van der Waals surface area contributed by atoms with Gasteiger partial charge in [-0.25, -0.2) is 0 Å².